The minimum absolute atomic E-state index is 0.0350. The summed E-state index contributed by atoms with van der Waals surface area (Å²) < 4.78 is 148. The first kappa shape index (κ1) is 46.2. The first-order chi connectivity index (χ1) is 27.2. The van der Waals surface area contributed by atoms with Crippen LogP contribution >= 0.6 is 0 Å². The van der Waals surface area contributed by atoms with E-state index in [2.05, 4.69) is 0 Å². The fraction of sp³-hybridized carbons (Fsp3) is 0.316. The van der Waals surface area contributed by atoms with E-state index in [4.69, 9.17) is 37.2 Å². The molecule has 58 heavy (non-hydrogen) atoms. The van der Waals surface area contributed by atoms with E-state index in [1.807, 2.05) is 48.5 Å². The van der Waals surface area contributed by atoms with Gasteiger partial charge in [-0.05, 0) is 108 Å². The minimum atomic E-state index is -4.14. The molecule has 0 heterocycles. The maximum atomic E-state index is 11.1. The van der Waals surface area contributed by atoms with E-state index < -0.39 is 63.5 Å². The van der Waals surface area contributed by atoms with Crippen LogP contribution in [0.2, 0.25) is 0 Å². The molecule has 0 saturated carbocycles. The van der Waals surface area contributed by atoms with E-state index in [0.29, 0.717) is 23.0 Å². The van der Waals surface area contributed by atoms with Crippen molar-refractivity contribution < 1.29 is 70.8 Å². The molecule has 0 aliphatic rings. The Hall–Kier alpha value is -4.54. The van der Waals surface area contributed by atoms with Gasteiger partial charge in [0.15, 0.2) is 0 Å². The largest absolute Gasteiger partial charge is 0.494 e. The van der Waals surface area contributed by atoms with Crippen molar-refractivity contribution in [2.75, 3.05) is 49.4 Å². The van der Waals surface area contributed by atoms with E-state index in [-0.39, 0.29) is 52.1 Å². The van der Waals surface area contributed by atoms with Gasteiger partial charge in [0, 0.05) is 0 Å². The van der Waals surface area contributed by atoms with E-state index >= 15 is 0 Å². The average molecular weight is 885 g/mol. The van der Waals surface area contributed by atoms with Gasteiger partial charge in [0.05, 0.1) is 49.4 Å². The van der Waals surface area contributed by atoms with Gasteiger partial charge in [-0.2, -0.15) is 33.7 Å². The molecule has 0 atom stereocenters. The summed E-state index contributed by atoms with van der Waals surface area (Å²) in [7, 11) is -16.6. The fourth-order valence-corrected chi connectivity index (χ4v) is 7.44. The lowest BCUT2D eigenvalue weighted by Crippen LogP contribution is -2.08. The third-order valence-electron chi connectivity index (χ3n) is 8.08. The zero-order valence-corrected chi connectivity index (χ0v) is 34.3. The Morgan fingerprint density at radius 3 is 0.655 bits per heavy atom. The Balaban J connectivity index is 1.77. The van der Waals surface area contributed by atoms with Crippen LogP contribution in [0.4, 0.5) is 0 Å². The van der Waals surface area contributed by atoms with Crippen LogP contribution in [0.25, 0.3) is 11.1 Å². The molecule has 20 heteroatoms. The SMILES string of the molecule is O=S(=O)(O)CCCOc1ccc(C(=C(c2ccc(OCCCS(=O)(=O)O)cc2)c2ccc(OCCCS(=O)(=O)O)cc2)c2ccc(OCCCS(=O)(=O)O)cc2)cc1. The summed E-state index contributed by atoms with van der Waals surface area (Å²) in [6.45, 7) is 0.140. The molecular weight excluding hydrogens is 841 g/mol. The maximum absolute atomic E-state index is 11.1. The molecule has 0 aromatic heterocycles. The zero-order chi connectivity index (χ0) is 42.4. The molecule has 4 rings (SSSR count). The molecule has 0 saturated heterocycles. The van der Waals surface area contributed by atoms with Gasteiger partial charge in [-0.3, -0.25) is 18.2 Å². The lowest BCUT2D eigenvalue weighted by Gasteiger charge is -2.19. The van der Waals surface area contributed by atoms with Crippen molar-refractivity contribution in [3.8, 4) is 23.0 Å². The molecule has 4 N–H and O–H groups in total. The summed E-state index contributed by atoms with van der Waals surface area (Å²) in [5, 5.41) is 0. The third kappa shape index (κ3) is 17.1. The topological polar surface area (TPSA) is 254 Å². The van der Waals surface area contributed by atoms with Gasteiger partial charge in [0.25, 0.3) is 40.5 Å². The standard InChI is InChI=1S/C38H44O16S4/c39-55(40,41)25-1-21-51-33-13-5-29(6-14-33)37(30-7-15-34(16-8-30)52-22-2-26-56(42,43)44)38(31-9-17-35(18-10-31)53-23-3-27-57(45,46)47)32-11-19-36(20-12-32)54-24-4-28-58(48,49)50/h5-20H,1-4,21-28H2,(H,39,40,41)(H,42,43,44)(H,45,46,47)(H,48,49,50). The lowest BCUT2D eigenvalue weighted by atomic mass is 9.85. The van der Waals surface area contributed by atoms with Crippen LogP contribution in [0.1, 0.15) is 47.9 Å². The van der Waals surface area contributed by atoms with Gasteiger partial charge < -0.3 is 18.9 Å². The van der Waals surface area contributed by atoms with Crippen molar-refractivity contribution in [2.45, 2.75) is 25.7 Å². The second-order valence-corrected chi connectivity index (χ2v) is 19.1. The van der Waals surface area contributed by atoms with Crippen LogP contribution < -0.4 is 18.9 Å². The number of ether oxygens (including phenoxy) is 4. The van der Waals surface area contributed by atoms with E-state index in [9.17, 15) is 33.7 Å². The molecule has 0 aliphatic heterocycles. The van der Waals surface area contributed by atoms with Gasteiger partial charge in [0.1, 0.15) is 23.0 Å². The molecule has 316 valence electrons. The smallest absolute Gasteiger partial charge is 0.264 e. The van der Waals surface area contributed by atoms with E-state index in [1.165, 1.54) is 0 Å². The predicted octanol–water partition coefficient (Wildman–Crippen LogP) is 5.32. The quantitative estimate of drug-likeness (QED) is 0.0395. The Labute approximate surface area is 338 Å². The summed E-state index contributed by atoms with van der Waals surface area (Å²) in [5.41, 5.74) is 4.33. The molecule has 0 unspecified atom stereocenters. The number of benzene rings is 4. The molecule has 0 amide bonds. The molecular formula is C38H44O16S4. The summed E-state index contributed by atoms with van der Waals surface area (Å²) >= 11 is 0. The van der Waals surface area contributed by atoms with Gasteiger partial charge in [-0.25, -0.2) is 0 Å². The molecule has 0 aliphatic carbocycles. The molecule has 0 bridgehead atoms. The van der Waals surface area contributed by atoms with Gasteiger partial charge >= 0.3 is 0 Å². The molecule has 4 aromatic carbocycles. The molecule has 0 radical (unpaired) electrons. The maximum Gasteiger partial charge on any atom is 0.264 e. The van der Waals surface area contributed by atoms with Gasteiger partial charge in [0.2, 0.25) is 0 Å². The summed E-state index contributed by atoms with van der Waals surface area (Å²) in [6, 6.07) is 28.2. The van der Waals surface area contributed by atoms with E-state index in [1.54, 1.807) is 48.5 Å². The molecule has 16 nitrogen and oxygen atoms in total. The van der Waals surface area contributed by atoms with Crippen LogP contribution in [-0.4, -0.2) is 101 Å². The highest BCUT2D eigenvalue weighted by Gasteiger charge is 2.18. The van der Waals surface area contributed by atoms with Crippen molar-refractivity contribution >= 4 is 51.6 Å². The van der Waals surface area contributed by atoms with E-state index in [0.717, 1.165) is 33.4 Å². The molecule has 4 aromatic rings. The van der Waals surface area contributed by atoms with Crippen LogP contribution in [0.15, 0.2) is 97.1 Å². The first-order valence-corrected chi connectivity index (χ1v) is 24.2. The normalized spacial score (nSPS) is 12.1. The second-order valence-electron chi connectivity index (χ2n) is 12.8. The Morgan fingerprint density at radius 2 is 0.500 bits per heavy atom. The van der Waals surface area contributed by atoms with Crippen LogP contribution in [-0.2, 0) is 40.5 Å². The minimum Gasteiger partial charge on any atom is -0.494 e. The monoisotopic (exact) mass is 884 g/mol. The van der Waals surface area contributed by atoms with Crippen molar-refractivity contribution in [3.63, 3.8) is 0 Å². The average Bonchev–Trinajstić information content (AvgIpc) is 3.14. The highest BCUT2D eigenvalue weighted by atomic mass is 32.2. The fourth-order valence-electron chi connectivity index (χ4n) is 5.51. The van der Waals surface area contributed by atoms with Crippen molar-refractivity contribution in [2.24, 2.45) is 0 Å². The first-order valence-electron chi connectivity index (χ1n) is 17.7. The summed E-state index contributed by atoms with van der Waals surface area (Å²) in [4.78, 5) is 0. The third-order valence-corrected chi connectivity index (χ3v) is 11.3. The van der Waals surface area contributed by atoms with Crippen molar-refractivity contribution in [3.05, 3.63) is 119 Å². The van der Waals surface area contributed by atoms with Crippen LogP contribution in [0.5, 0.6) is 23.0 Å². The zero-order valence-electron chi connectivity index (χ0n) is 31.0. The van der Waals surface area contributed by atoms with Crippen molar-refractivity contribution in [1.29, 1.82) is 0 Å². The lowest BCUT2D eigenvalue weighted by molar-refractivity contribution is 0.316. The predicted molar refractivity (Wildman–Crippen MR) is 217 cm³/mol. The highest BCUT2D eigenvalue weighted by molar-refractivity contribution is 7.86. The Bertz CT molecular complexity index is 2070. The number of hydrogen-bond acceptors (Lipinski definition) is 12. The Kier molecular flexibility index (Phi) is 16.7. The number of rotatable bonds is 24. The van der Waals surface area contributed by atoms with Crippen LogP contribution in [0.3, 0.4) is 0 Å². The van der Waals surface area contributed by atoms with Crippen LogP contribution in [0, 0.1) is 0 Å². The van der Waals surface area contributed by atoms with Gasteiger partial charge in [-0.1, -0.05) is 48.5 Å². The highest BCUT2D eigenvalue weighted by Crippen LogP contribution is 2.39. The number of hydrogen-bond donors (Lipinski definition) is 4. The molecule has 0 fully saturated rings. The summed E-state index contributed by atoms with van der Waals surface area (Å²) in [6.07, 6.45) is 0.280. The molecule has 0 spiro atoms. The summed E-state index contributed by atoms with van der Waals surface area (Å²) in [5.74, 6) is -0.0396. The van der Waals surface area contributed by atoms with Crippen molar-refractivity contribution in [1.82, 2.24) is 0 Å². The Morgan fingerprint density at radius 1 is 0.328 bits per heavy atom. The van der Waals surface area contributed by atoms with Gasteiger partial charge in [-0.15, -0.1) is 0 Å². The second kappa shape index (κ2) is 20.9.